The van der Waals surface area contributed by atoms with E-state index in [9.17, 15) is 19.4 Å². The second-order valence-electron chi connectivity index (χ2n) is 21.7. The Hall–Kier alpha value is -3.36. The van der Waals surface area contributed by atoms with E-state index in [1.54, 1.807) is 6.08 Å². The smallest absolute Gasteiger partial charge is 0.268 e. The van der Waals surface area contributed by atoms with Crippen LogP contribution in [0.4, 0.5) is 0 Å². The van der Waals surface area contributed by atoms with Crippen molar-refractivity contribution in [1.29, 1.82) is 0 Å². The minimum Gasteiger partial charge on any atom is -0.756 e. The molecule has 0 bridgehead atoms. The topological polar surface area (TPSA) is 108 Å². The molecule has 1 amide bonds. The Morgan fingerprint density at radius 1 is 0.468 bits per heavy atom. The van der Waals surface area contributed by atoms with Crippen molar-refractivity contribution in [3.05, 3.63) is 134 Å². The van der Waals surface area contributed by atoms with E-state index in [0.29, 0.717) is 17.4 Å². The summed E-state index contributed by atoms with van der Waals surface area (Å²) in [6, 6.07) is -0.933. The zero-order valence-electron chi connectivity index (χ0n) is 50.1. The van der Waals surface area contributed by atoms with Crippen molar-refractivity contribution in [2.24, 2.45) is 0 Å². The molecule has 3 unspecified atom stereocenters. The minimum absolute atomic E-state index is 0.0207. The number of carbonyl (C=O) groups excluding carboxylic acids is 1. The van der Waals surface area contributed by atoms with Gasteiger partial charge in [0.1, 0.15) is 13.2 Å². The molecule has 3 atom stereocenters. The first-order valence-corrected chi connectivity index (χ1v) is 32.5. The molecule has 440 valence electrons. The van der Waals surface area contributed by atoms with E-state index in [1.807, 2.05) is 27.2 Å². The molecule has 2 N–H and O–H groups in total. The Kier molecular flexibility index (Phi) is 54.8. The van der Waals surface area contributed by atoms with Crippen molar-refractivity contribution in [1.82, 2.24) is 5.32 Å². The lowest BCUT2D eigenvalue weighted by atomic mass is 10.0. The molecule has 0 fully saturated rings. The third-order valence-electron chi connectivity index (χ3n) is 13.1. The molecule has 0 radical (unpaired) electrons. The van der Waals surface area contributed by atoms with Gasteiger partial charge in [-0.25, -0.2) is 0 Å². The number of phosphoric ester groups is 1. The number of quaternary nitrogens is 1. The Morgan fingerprint density at radius 3 is 1.21 bits per heavy atom. The van der Waals surface area contributed by atoms with E-state index in [2.05, 4.69) is 141 Å². The number of hydrogen-bond donors (Lipinski definition) is 2. The summed E-state index contributed by atoms with van der Waals surface area (Å²) in [6.45, 7) is 4.49. The molecule has 0 aliphatic heterocycles. The van der Waals surface area contributed by atoms with Crippen LogP contribution >= 0.6 is 7.82 Å². The maximum absolute atomic E-state index is 13.0. The second kappa shape index (κ2) is 57.3. The number of aliphatic hydroxyl groups excluding tert-OH is 1. The van der Waals surface area contributed by atoms with Gasteiger partial charge in [-0.15, -0.1) is 0 Å². The quantitative estimate of drug-likeness (QED) is 0.0272. The van der Waals surface area contributed by atoms with Gasteiger partial charge in [0, 0.05) is 6.42 Å². The molecule has 0 aliphatic rings. The molecule has 0 saturated heterocycles. The number of unbranched alkanes of at least 4 members (excludes halogenated alkanes) is 22. The maximum atomic E-state index is 13.0. The van der Waals surface area contributed by atoms with Crippen LogP contribution in [0.25, 0.3) is 0 Å². The van der Waals surface area contributed by atoms with Gasteiger partial charge < -0.3 is 28.8 Å². The Balaban J connectivity index is 4.34. The number of aliphatic hydroxyl groups is 1. The van der Waals surface area contributed by atoms with Crippen molar-refractivity contribution < 1.29 is 32.9 Å². The van der Waals surface area contributed by atoms with Gasteiger partial charge in [0.15, 0.2) is 0 Å². The first kappa shape index (κ1) is 73.6. The van der Waals surface area contributed by atoms with Gasteiger partial charge in [0.25, 0.3) is 7.82 Å². The van der Waals surface area contributed by atoms with Crippen molar-refractivity contribution >= 4 is 13.7 Å². The largest absolute Gasteiger partial charge is 0.756 e. The number of rotatable bonds is 55. The standard InChI is InChI=1S/C68H117N2O6P/c1-6-8-10-12-14-16-18-20-22-24-26-28-30-32-33-34-35-36-37-38-40-42-44-46-48-50-52-54-56-58-60-62-68(72)69-66(65-76-77(73,74)75-64-63-70(3,4)5)67(71)61-59-57-55-53-51-49-47-45-43-41-39-31-29-27-25-23-21-19-17-15-13-11-9-7-2/h8,10,14,16,20,22,26,28,32-33,35-36,38,40,44,46,50-53,59,61,66-67,71H,6-7,9,11-13,15,17-19,21,23-25,27,29-31,34,37,39,41-43,45,47-49,54-58,60,62-65H2,1-5H3,(H-,69,72,73,74)/b10-8-,16-14-,22-20-,28-26-,33-32-,36-35-,40-38-,46-44-,52-50-,53-51+,61-59+. The molecule has 0 spiro atoms. The highest BCUT2D eigenvalue weighted by Gasteiger charge is 2.23. The number of nitrogens with one attached hydrogen (secondary N) is 1. The second-order valence-corrected chi connectivity index (χ2v) is 23.1. The predicted molar refractivity (Wildman–Crippen MR) is 334 cm³/mol. The Morgan fingerprint density at radius 2 is 0.805 bits per heavy atom. The Bertz CT molecular complexity index is 1710. The number of amides is 1. The van der Waals surface area contributed by atoms with Crippen molar-refractivity contribution in [2.45, 2.75) is 251 Å². The molecule has 9 heteroatoms. The fourth-order valence-electron chi connectivity index (χ4n) is 8.28. The predicted octanol–water partition coefficient (Wildman–Crippen LogP) is 18.9. The van der Waals surface area contributed by atoms with Gasteiger partial charge in [-0.3, -0.25) is 9.36 Å². The third-order valence-corrected chi connectivity index (χ3v) is 14.1. The maximum Gasteiger partial charge on any atom is 0.268 e. The van der Waals surface area contributed by atoms with Gasteiger partial charge >= 0.3 is 0 Å². The van der Waals surface area contributed by atoms with Crippen LogP contribution in [0.5, 0.6) is 0 Å². The molecule has 0 saturated carbocycles. The van der Waals surface area contributed by atoms with Gasteiger partial charge in [0.2, 0.25) is 5.91 Å². The van der Waals surface area contributed by atoms with Crippen LogP contribution < -0.4 is 10.2 Å². The number of hydrogen-bond acceptors (Lipinski definition) is 6. The monoisotopic (exact) mass is 1090 g/mol. The molecule has 0 aromatic rings. The molecule has 0 aliphatic carbocycles. The summed E-state index contributed by atoms with van der Waals surface area (Å²) in [4.78, 5) is 25.5. The van der Waals surface area contributed by atoms with Crippen molar-refractivity contribution in [3.8, 4) is 0 Å². The summed E-state index contributed by atoms with van der Waals surface area (Å²) >= 11 is 0. The number of allylic oxidation sites excluding steroid dienone is 21. The molecule has 0 heterocycles. The van der Waals surface area contributed by atoms with E-state index < -0.39 is 26.6 Å². The lowest BCUT2D eigenvalue weighted by Crippen LogP contribution is -2.45. The number of likely N-dealkylation sites (N-methyl/N-ethyl adjacent to an activating group) is 1. The van der Waals surface area contributed by atoms with E-state index in [0.717, 1.165) is 96.3 Å². The number of carbonyl (C=O) groups is 1. The van der Waals surface area contributed by atoms with Crippen LogP contribution in [-0.4, -0.2) is 68.5 Å². The lowest BCUT2D eigenvalue weighted by Gasteiger charge is -2.29. The van der Waals surface area contributed by atoms with Crippen LogP contribution in [0, 0.1) is 0 Å². The third kappa shape index (κ3) is 60.1. The number of phosphoric acid groups is 1. The summed E-state index contributed by atoms with van der Waals surface area (Å²) in [7, 11) is 1.20. The summed E-state index contributed by atoms with van der Waals surface area (Å²) in [6.07, 6.45) is 86.9. The summed E-state index contributed by atoms with van der Waals surface area (Å²) in [5, 5.41) is 13.9. The fraction of sp³-hybridized carbons (Fsp3) is 0.662. The number of nitrogens with zero attached hydrogens (tertiary/aromatic N) is 1. The summed E-state index contributed by atoms with van der Waals surface area (Å²) in [5.41, 5.74) is 0. The molecular weight excluding hydrogens is 972 g/mol. The van der Waals surface area contributed by atoms with E-state index in [-0.39, 0.29) is 18.9 Å². The molecule has 8 nitrogen and oxygen atoms in total. The van der Waals surface area contributed by atoms with Crippen molar-refractivity contribution in [2.75, 3.05) is 40.9 Å². The molecule has 77 heavy (non-hydrogen) atoms. The molecular formula is C68H117N2O6P. The molecule has 0 rings (SSSR count). The van der Waals surface area contributed by atoms with Gasteiger partial charge in [-0.05, 0) is 103 Å². The highest BCUT2D eigenvalue weighted by Crippen LogP contribution is 2.38. The average molecular weight is 1090 g/mol. The summed E-state index contributed by atoms with van der Waals surface area (Å²) in [5.74, 6) is -0.243. The van der Waals surface area contributed by atoms with Gasteiger partial charge in [-0.2, -0.15) is 0 Å². The Labute approximate surface area is 475 Å². The molecule has 0 aromatic heterocycles. The SMILES string of the molecule is CC/C=C\C/C=C\C/C=C\C/C=C\C/C=C\C/C=C\C/C=C\C/C=C\C/C=C\CCCCCC(=O)NC(COP(=O)([O-])OCC[N+](C)(C)C)C(O)/C=C/CC/C=C/CCCCCCCCCCCCCCCCCCCC. The minimum atomic E-state index is -4.63. The van der Waals surface area contributed by atoms with Gasteiger partial charge in [0.05, 0.1) is 39.9 Å². The highest BCUT2D eigenvalue weighted by molar-refractivity contribution is 7.45. The van der Waals surface area contributed by atoms with Crippen LogP contribution in [0.2, 0.25) is 0 Å². The van der Waals surface area contributed by atoms with Crippen LogP contribution in [0.1, 0.15) is 239 Å². The zero-order chi connectivity index (χ0) is 56.3. The zero-order valence-corrected chi connectivity index (χ0v) is 51.0. The normalized spacial score (nSPS) is 14.7. The lowest BCUT2D eigenvalue weighted by molar-refractivity contribution is -0.870. The van der Waals surface area contributed by atoms with Crippen LogP contribution in [0.15, 0.2) is 134 Å². The highest BCUT2D eigenvalue weighted by atomic mass is 31.2. The fourth-order valence-corrected chi connectivity index (χ4v) is 9.00. The van der Waals surface area contributed by atoms with E-state index in [4.69, 9.17) is 9.05 Å². The molecule has 0 aromatic carbocycles. The first-order valence-electron chi connectivity index (χ1n) is 31.0. The van der Waals surface area contributed by atoms with E-state index >= 15 is 0 Å². The van der Waals surface area contributed by atoms with Crippen LogP contribution in [0.3, 0.4) is 0 Å². The van der Waals surface area contributed by atoms with Crippen LogP contribution in [-0.2, 0) is 18.4 Å². The van der Waals surface area contributed by atoms with Gasteiger partial charge in [-0.1, -0.05) is 263 Å². The summed E-state index contributed by atoms with van der Waals surface area (Å²) < 4.78 is 23.3. The van der Waals surface area contributed by atoms with E-state index in [1.165, 1.54) is 116 Å². The first-order chi connectivity index (χ1) is 37.5. The average Bonchev–Trinajstić information content (AvgIpc) is 3.39. The van der Waals surface area contributed by atoms with Crippen molar-refractivity contribution in [3.63, 3.8) is 0 Å².